The number of hydrogen-bond donors (Lipinski definition) is 0. The second-order valence-corrected chi connectivity index (χ2v) is 9.20. The molecule has 4 rings (SSSR count). The maximum Gasteiger partial charge on any atom is 0.260 e. The van der Waals surface area contributed by atoms with E-state index in [0.717, 1.165) is 25.8 Å². The predicted molar refractivity (Wildman–Crippen MR) is 127 cm³/mol. The van der Waals surface area contributed by atoms with Crippen LogP contribution in [0.1, 0.15) is 15.9 Å². The van der Waals surface area contributed by atoms with E-state index in [1.54, 1.807) is 39.8 Å². The summed E-state index contributed by atoms with van der Waals surface area (Å²) in [5, 5.41) is 0.723. The first kappa shape index (κ1) is 20.0. The summed E-state index contributed by atoms with van der Waals surface area (Å²) < 4.78 is 1.09. The molecule has 3 nitrogen and oxygen atoms in total. The van der Waals surface area contributed by atoms with E-state index in [4.69, 9.17) is 4.98 Å². The molecular formula is C23H20N2OS3. The molecular weight excluding hydrogens is 416 g/mol. The van der Waals surface area contributed by atoms with Crippen molar-refractivity contribution in [3.05, 3.63) is 83.9 Å². The monoisotopic (exact) mass is 436 g/mol. The molecule has 0 unspecified atom stereocenters. The number of benzene rings is 3. The zero-order valence-electron chi connectivity index (χ0n) is 16.2. The number of thiazole rings is 1. The Morgan fingerprint density at radius 3 is 2.31 bits per heavy atom. The van der Waals surface area contributed by atoms with Crippen LogP contribution in [0.3, 0.4) is 0 Å². The van der Waals surface area contributed by atoms with Crippen LogP contribution in [0.5, 0.6) is 0 Å². The molecule has 0 aliphatic heterocycles. The van der Waals surface area contributed by atoms with E-state index in [0.29, 0.717) is 12.1 Å². The summed E-state index contributed by atoms with van der Waals surface area (Å²) in [6.07, 6.45) is 4.09. The van der Waals surface area contributed by atoms with Gasteiger partial charge in [0.2, 0.25) is 0 Å². The lowest BCUT2D eigenvalue weighted by Gasteiger charge is -2.20. The Balaban J connectivity index is 1.74. The lowest BCUT2D eigenvalue weighted by Crippen LogP contribution is -2.30. The van der Waals surface area contributed by atoms with Crippen molar-refractivity contribution in [2.75, 3.05) is 17.4 Å². The summed E-state index contributed by atoms with van der Waals surface area (Å²) in [5.74, 6) is -0.0364. The second kappa shape index (κ2) is 9.03. The minimum Gasteiger partial charge on any atom is -0.279 e. The van der Waals surface area contributed by atoms with Crippen molar-refractivity contribution in [1.82, 2.24) is 4.98 Å². The van der Waals surface area contributed by atoms with Crippen molar-refractivity contribution >= 4 is 56.1 Å². The maximum absolute atomic E-state index is 13.4. The standard InChI is InChI=1S/C23H20N2OS3/c1-27-18-10-8-17(9-11-18)22(26)25(15-16-6-4-3-5-7-16)23-24-20-13-12-19(28-2)14-21(20)29-23/h3-14H,15H2,1-2H3. The van der Waals surface area contributed by atoms with Crippen molar-refractivity contribution in [2.24, 2.45) is 0 Å². The smallest absolute Gasteiger partial charge is 0.260 e. The molecule has 0 radical (unpaired) electrons. The zero-order chi connectivity index (χ0) is 20.2. The SMILES string of the molecule is CSc1ccc(C(=O)N(Cc2ccccc2)c2nc3ccc(SC)cc3s2)cc1. The molecule has 0 saturated heterocycles. The molecule has 0 saturated carbocycles. The minimum absolute atomic E-state index is 0.0364. The number of thioether (sulfide) groups is 2. The van der Waals surface area contributed by atoms with Gasteiger partial charge in [-0.15, -0.1) is 23.5 Å². The number of carbonyl (C=O) groups is 1. The van der Waals surface area contributed by atoms with E-state index in [-0.39, 0.29) is 5.91 Å². The van der Waals surface area contributed by atoms with Crippen molar-refractivity contribution in [2.45, 2.75) is 16.3 Å². The van der Waals surface area contributed by atoms with Crippen molar-refractivity contribution in [3.8, 4) is 0 Å². The Bertz CT molecular complexity index is 1120. The Labute approximate surface area is 183 Å². The first-order valence-electron chi connectivity index (χ1n) is 9.12. The third-order valence-corrected chi connectivity index (χ3v) is 7.09. The van der Waals surface area contributed by atoms with Gasteiger partial charge in [-0.05, 0) is 60.5 Å². The Morgan fingerprint density at radius 2 is 1.62 bits per heavy atom. The predicted octanol–water partition coefficient (Wildman–Crippen LogP) is 6.59. The number of aromatic nitrogens is 1. The van der Waals surface area contributed by atoms with E-state index in [2.05, 4.69) is 18.4 Å². The topological polar surface area (TPSA) is 33.2 Å². The first-order valence-corrected chi connectivity index (χ1v) is 12.4. The van der Waals surface area contributed by atoms with Crippen LogP contribution < -0.4 is 4.90 Å². The highest BCUT2D eigenvalue weighted by atomic mass is 32.2. The lowest BCUT2D eigenvalue weighted by atomic mass is 10.1. The largest absolute Gasteiger partial charge is 0.279 e. The van der Waals surface area contributed by atoms with Crippen LogP contribution in [0.2, 0.25) is 0 Å². The highest BCUT2D eigenvalue weighted by Gasteiger charge is 2.22. The second-order valence-electron chi connectivity index (χ2n) is 6.44. The van der Waals surface area contributed by atoms with Crippen LogP contribution in [0.15, 0.2) is 82.6 Å². The molecule has 1 aromatic heterocycles. The normalized spacial score (nSPS) is 11.0. The van der Waals surface area contributed by atoms with Crippen LogP contribution >= 0.6 is 34.9 Å². The van der Waals surface area contributed by atoms with Gasteiger partial charge in [0.1, 0.15) is 0 Å². The molecule has 0 aliphatic rings. The number of fused-ring (bicyclic) bond motifs is 1. The fourth-order valence-corrected chi connectivity index (χ4v) is 4.94. The molecule has 29 heavy (non-hydrogen) atoms. The fraction of sp³-hybridized carbons (Fsp3) is 0.130. The van der Waals surface area contributed by atoms with Gasteiger partial charge in [0, 0.05) is 15.4 Å². The average molecular weight is 437 g/mol. The molecule has 0 fully saturated rings. The number of amides is 1. The van der Waals surface area contributed by atoms with Gasteiger partial charge in [-0.3, -0.25) is 9.69 Å². The summed E-state index contributed by atoms with van der Waals surface area (Å²) in [7, 11) is 0. The van der Waals surface area contributed by atoms with Gasteiger partial charge >= 0.3 is 0 Å². The number of hydrogen-bond acceptors (Lipinski definition) is 5. The van der Waals surface area contributed by atoms with Crippen LogP contribution in [-0.2, 0) is 6.54 Å². The van der Waals surface area contributed by atoms with Crippen LogP contribution in [0.25, 0.3) is 10.2 Å². The van der Waals surface area contributed by atoms with E-state index in [1.807, 2.05) is 66.9 Å². The van der Waals surface area contributed by atoms with Crippen LogP contribution in [-0.4, -0.2) is 23.4 Å². The molecule has 3 aromatic carbocycles. The van der Waals surface area contributed by atoms with E-state index in [1.165, 1.54) is 4.90 Å². The number of nitrogens with zero attached hydrogens (tertiary/aromatic N) is 2. The number of carbonyl (C=O) groups excluding carboxylic acids is 1. The van der Waals surface area contributed by atoms with Crippen molar-refractivity contribution in [3.63, 3.8) is 0 Å². The first-order chi connectivity index (χ1) is 14.2. The molecule has 146 valence electrons. The minimum atomic E-state index is -0.0364. The summed E-state index contributed by atoms with van der Waals surface area (Å²) in [6, 6.07) is 24.0. The molecule has 0 N–H and O–H groups in total. The molecule has 1 heterocycles. The maximum atomic E-state index is 13.4. The van der Waals surface area contributed by atoms with Crippen molar-refractivity contribution < 1.29 is 4.79 Å². The third-order valence-electron chi connectivity index (χ3n) is 4.58. The highest BCUT2D eigenvalue weighted by Crippen LogP contribution is 2.33. The highest BCUT2D eigenvalue weighted by molar-refractivity contribution is 7.98. The fourth-order valence-electron chi connectivity index (χ4n) is 3.02. The zero-order valence-corrected chi connectivity index (χ0v) is 18.6. The Hall–Kier alpha value is -2.28. The van der Waals surface area contributed by atoms with Gasteiger partial charge in [0.25, 0.3) is 5.91 Å². The average Bonchev–Trinajstić information content (AvgIpc) is 3.20. The number of rotatable bonds is 6. The van der Waals surface area contributed by atoms with E-state index < -0.39 is 0 Å². The van der Waals surface area contributed by atoms with Gasteiger partial charge in [-0.25, -0.2) is 4.98 Å². The quantitative estimate of drug-likeness (QED) is 0.319. The molecule has 0 bridgehead atoms. The van der Waals surface area contributed by atoms with E-state index in [9.17, 15) is 4.79 Å². The summed E-state index contributed by atoms with van der Waals surface area (Å²) in [5.41, 5.74) is 2.67. The van der Waals surface area contributed by atoms with Crippen LogP contribution in [0.4, 0.5) is 5.13 Å². The van der Waals surface area contributed by atoms with Gasteiger partial charge < -0.3 is 0 Å². The molecule has 0 aliphatic carbocycles. The Kier molecular flexibility index (Phi) is 6.23. The Morgan fingerprint density at radius 1 is 0.931 bits per heavy atom. The van der Waals surface area contributed by atoms with Crippen molar-refractivity contribution in [1.29, 1.82) is 0 Å². The van der Waals surface area contributed by atoms with Crippen LogP contribution in [0, 0.1) is 0 Å². The lowest BCUT2D eigenvalue weighted by molar-refractivity contribution is 0.0985. The van der Waals surface area contributed by atoms with Gasteiger partial charge in [-0.1, -0.05) is 41.7 Å². The molecule has 0 spiro atoms. The molecule has 0 atom stereocenters. The summed E-state index contributed by atoms with van der Waals surface area (Å²) in [6.45, 7) is 0.485. The molecule has 1 amide bonds. The molecule has 6 heteroatoms. The van der Waals surface area contributed by atoms with Gasteiger partial charge in [0.05, 0.1) is 16.8 Å². The van der Waals surface area contributed by atoms with Gasteiger partial charge in [-0.2, -0.15) is 0 Å². The van der Waals surface area contributed by atoms with Gasteiger partial charge in [0.15, 0.2) is 5.13 Å². The third kappa shape index (κ3) is 4.50. The summed E-state index contributed by atoms with van der Waals surface area (Å²) in [4.78, 5) is 22.3. The van der Waals surface area contributed by atoms with E-state index >= 15 is 0 Å². The number of anilines is 1. The molecule has 4 aromatic rings. The summed E-state index contributed by atoms with van der Waals surface area (Å²) >= 11 is 4.93.